The van der Waals surface area contributed by atoms with Gasteiger partial charge in [0.15, 0.2) is 0 Å². The van der Waals surface area contributed by atoms with Gasteiger partial charge in [0.2, 0.25) is 0 Å². The third-order valence-electron chi connectivity index (χ3n) is 3.81. The number of piperidine rings is 1. The molecule has 100 valence electrons. The molecule has 0 spiro atoms. The molecule has 0 unspecified atom stereocenters. The lowest BCUT2D eigenvalue weighted by Gasteiger charge is -2.38. The van der Waals surface area contributed by atoms with Crippen molar-refractivity contribution in [2.45, 2.75) is 44.4 Å². The molecule has 0 amide bonds. The van der Waals surface area contributed by atoms with Gasteiger partial charge in [0.25, 0.3) is 0 Å². The van der Waals surface area contributed by atoms with Crippen molar-refractivity contribution in [3.05, 3.63) is 35.9 Å². The molecule has 1 saturated heterocycles. The average molecular weight is 249 g/mol. The maximum Gasteiger partial charge on any atom is 0.0917 e. The van der Waals surface area contributed by atoms with Crippen LogP contribution in [0.3, 0.4) is 0 Å². The maximum absolute atomic E-state index is 10.2. The van der Waals surface area contributed by atoms with Gasteiger partial charge in [-0.05, 0) is 31.9 Å². The van der Waals surface area contributed by atoms with Crippen LogP contribution in [0.15, 0.2) is 30.3 Å². The first-order valence-electron chi connectivity index (χ1n) is 6.83. The summed E-state index contributed by atoms with van der Waals surface area (Å²) in [4.78, 5) is 2.23. The summed E-state index contributed by atoms with van der Waals surface area (Å²) in [5, 5.41) is 20.1. The predicted molar refractivity (Wildman–Crippen MR) is 72.3 cm³/mol. The summed E-state index contributed by atoms with van der Waals surface area (Å²) in [5.74, 6) is 0. The SMILES string of the molecule is C[C@H](O)[C@@H]1CCCCN1C[C@@H](O)c1ccccc1. The minimum Gasteiger partial charge on any atom is -0.392 e. The molecule has 1 heterocycles. The molecule has 0 aromatic heterocycles. The lowest BCUT2D eigenvalue weighted by atomic mass is 9.97. The summed E-state index contributed by atoms with van der Waals surface area (Å²) in [5.41, 5.74) is 0.951. The van der Waals surface area contributed by atoms with Crippen LogP contribution >= 0.6 is 0 Å². The molecule has 0 bridgehead atoms. The quantitative estimate of drug-likeness (QED) is 0.857. The number of nitrogens with zero attached hydrogens (tertiary/aromatic N) is 1. The zero-order valence-corrected chi connectivity index (χ0v) is 11.0. The smallest absolute Gasteiger partial charge is 0.0917 e. The molecule has 0 saturated carbocycles. The van der Waals surface area contributed by atoms with E-state index in [2.05, 4.69) is 4.90 Å². The molecule has 0 radical (unpaired) electrons. The van der Waals surface area contributed by atoms with E-state index in [1.54, 1.807) is 0 Å². The maximum atomic E-state index is 10.2. The van der Waals surface area contributed by atoms with Gasteiger partial charge < -0.3 is 10.2 Å². The minimum absolute atomic E-state index is 0.192. The Morgan fingerprint density at radius 1 is 1.22 bits per heavy atom. The molecule has 2 N–H and O–H groups in total. The second-order valence-corrected chi connectivity index (χ2v) is 5.23. The lowest BCUT2D eigenvalue weighted by Crippen LogP contribution is -2.47. The molecular formula is C15H23NO2. The van der Waals surface area contributed by atoms with Crippen LogP contribution < -0.4 is 0 Å². The molecule has 3 nitrogen and oxygen atoms in total. The van der Waals surface area contributed by atoms with Crippen LogP contribution in [0, 0.1) is 0 Å². The van der Waals surface area contributed by atoms with Crippen molar-refractivity contribution in [2.75, 3.05) is 13.1 Å². The van der Waals surface area contributed by atoms with E-state index in [-0.39, 0.29) is 12.1 Å². The Labute approximate surface area is 109 Å². The van der Waals surface area contributed by atoms with Gasteiger partial charge in [-0.1, -0.05) is 36.8 Å². The Hall–Kier alpha value is -0.900. The number of β-amino-alcohol motifs (C(OH)–C–C–N with tert-alkyl or cyclic N) is 1. The Morgan fingerprint density at radius 2 is 1.94 bits per heavy atom. The molecule has 1 aliphatic heterocycles. The van der Waals surface area contributed by atoms with Gasteiger partial charge in [-0.2, -0.15) is 0 Å². The van der Waals surface area contributed by atoms with Gasteiger partial charge in [0.05, 0.1) is 12.2 Å². The molecule has 1 aromatic rings. The number of aliphatic hydroxyl groups excluding tert-OH is 2. The monoisotopic (exact) mass is 249 g/mol. The third-order valence-corrected chi connectivity index (χ3v) is 3.81. The molecule has 1 aliphatic rings. The summed E-state index contributed by atoms with van der Waals surface area (Å²) >= 11 is 0. The fraction of sp³-hybridized carbons (Fsp3) is 0.600. The molecular weight excluding hydrogens is 226 g/mol. The summed E-state index contributed by atoms with van der Waals surface area (Å²) in [6, 6.07) is 9.94. The van der Waals surface area contributed by atoms with Crippen LogP contribution in [0.25, 0.3) is 0 Å². The topological polar surface area (TPSA) is 43.7 Å². The average Bonchev–Trinajstić information content (AvgIpc) is 2.40. The van der Waals surface area contributed by atoms with Crippen molar-refractivity contribution in [1.29, 1.82) is 0 Å². The predicted octanol–water partition coefficient (Wildman–Crippen LogP) is 1.96. The Kier molecular flexibility index (Phi) is 4.75. The van der Waals surface area contributed by atoms with E-state index in [0.29, 0.717) is 6.54 Å². The second kappa shape index (κ2) is 6.32. The third kappa shape index (κ3) is 3.31. The van der Waals surface area contributed by atoms with Crippen LogP contribution in [0.4, 0.5) is 0 Å². The first-order chi connectivity index (χ1) is 8.68. The molecule has 0 aliphatic carbocycles. The van der Waals surface area contributed by atoms with Gasteiger partial charge >= 0.3 is 0 Å². The highest BCUT2D eigenvalue weighted by molar-refractivity contribution is 5.17. The molecule has 18 heavy (non-hydrogen) atoms. The second-order valence-electron chi connectivity index (χ2n) is 5.23. The lowest BCUT2D eigenvalue weighted by molar-refractivity contribution is 0.00763. The normalized spacial score (nSPS) is 24.7. The van der Waals surface area contributed by atoms with Crippen LogP contribution in [0.5, 0.6) is 0 Å². The zero-order chi connectivity index (χ0) is 13.0. The van der Waals surface area contributed by atoms with E-state index in [0.717, 1.165) is 24.9 Å². The molecule has 3 atom stereocenters. The van der Waals surface area contributed by atoms with E-state index in [1.807, 2.05) is 37.3 Å². The highest BCUT2D eigenvalue weighted by Gasteiger charge is 2.27. The van der Waals surface area contributed by atoms with Crippen LogP contribution in [-0.2, 0) is 0 Å². The van der Waals surface area contributed by atoms with E-state index < -0.39 is 6.10 Å². The van der Waals surface area contributed by atoms with Gasteiger partial charge in [-0.3, -0.25) is 4.90 Å². The van der Waals surface area contributed by atoms with Crippen molar-refractivity contribution in [1.82, 2.24) is 4.90 Å². The standard InChI is InChI=1S/C15H23NO2/c1-12(17)14-9-5-6-10-16(14)11-15(18)13-7-3-2-4-8-13/h2-4,7-8,12,14-15,17-18H,5-6,9-11H2,1H3/t12-,14-,15+/m0/s1. The molecule has 1 fully saturated rings. The highest BCUT2D eigenvalue weighted by Crippen LogP contribution is 2.23. The van der Waals surface area contributed by atoms with Crippen LogP contribution in [0.2, 0.25) is 0 Å². The van der Waals surface area contributed by atoms with Crippen LogP contribution in [-0.4, -0.2) is 40.3 Å². The van der Waals surface area contributed by atoms with Crippen molar-refractivity contribution >= 4 is 0 Å². The van der Waals surface area contributed by atoms with Crippen molar-refractivity contribution in [3.63, 3.8) is 0 Å². The van der Waals surface area contributed by atoms with Gasteiger partial charge in [0, 0.05) is 12.6 Å². The number of benzene rings is 1. The largest absolute Gasteiger partial charge is 0.392 e. The summed E-state index contributed by atoms with van der Waals surface area (Å²) in [6.07, 6.45) is 2.57. The van der Waals surface area contributed by atoms with Crippen molar-refractivity contribution in [2.24, 2.45) is 0 Å². The minimum atomic E-state index is -0.467. The Bertz CT molecular complexity index is 353. The number of aliphatic hydroxyl groups is 2. The van der Waals surface area contributed by atoms with Gasteiger partial charge in [-0.15, -0.1) is 0 Å². The summed E-state index contributed by atoms with van der Waals surface area (Å²) in [7, 11) is 0. The van der Waals surface area contributed by atoms with E-state index >= 15 is 0 Å². The first kappa shape index (κ1) is 13.5. The van der Waals surface area contributed by atoms with Crippen LogP contribution in [0.1, 0.15) is 37.9 Å². The fourth-order valence-corrected chi connectivity index (χ4v) is 2.79. The van der Waals surface area contributed by atoms with Crippen molar-refractivity contribution in [3.8, 4) is 0 Å². The number of hydrogen-bond acceptors (Lipinski definition) is 3. The Morgan fingerprint density at radius 3 is 2.61 bits per heavy atom. The van der Waals surface area contributed by atoms with Crippen molar-refractivity contribution < 1.29 is 10.2 Å². The molecule has 2 rings (SSSR count). The molecule has 1 aromatic carbocycles. The van der Waals surface area contributed by atoms with E-state index in [9.17, 15) is 10.2 Å². The summed E-state index contributed by atoms with van der Waals surface area (Å²) in [6.45, 7) is 3.43. The van der Waals surface area contributed by atoms with E-state index in [1.165, 1.54) is 6.42 Å². The fourth-order valence-electron chi connectivity index (χ4n) is 2.79. The number of hydrogen-bond donors (Lipinski definition) is 2. The van der Waals surface area contributed by atoms with Gasteiger partial charge in [0.1, 0.15) is 0 Å². The van der Waals surface area contributed by atoms with E-state index in [4.69, 9.17) is 0 Å². The van der Waals surface area contributed by atoms with Gasteiger partial charge in [-0.25, -0.2) is 0 Å². The first-order valence-corrected chi connectivity index (χ1v) is 6.83. The summed E-state index contributed by atoms with van der Waals surface area (Å²) < 4.78 is 0. The molecule has 3 heteroatoms. The number of likely N-dealkylation sites (tertiary alicyclic amines) is 1. The zero-order valence-electron chi connectivity index (χ0n) is 11.0. The number of rotatable bonds is 4. The Balaban J connectivity index is 1.99. The highest BCUT2D eigenvalue weighted by atomic mass is 16.3.